The van der Waals surface area contributed by atoms with Gasteiger partial charge in [-0.25, -0.2) is 17.9 Å². The van der Waals surface area contributed by atoms with E-state index in [0.29, 0.717) is 6.54 Å². The molecular weight excluding hydrogens is 290 g/mol. The fraction of sp³-hybridized carbons (Fsp3) is 0.533. The molecule has 0 radical (unpaired) electrons. The van der Waals surface area contributed by atoms with E-state index in [1.807, 2.05) is 0 Å². The van der Waals surface area contributed by atoms with Crippen molar-refractivity contribution in [2.24, 2.45) is 5.41 Å². The molecule has 2 rings (SSSR count). The molecule has 5 nitrogen and oxygen atoms in total. The summed E-state index contributed by atoms with van der Waals surface area (Å²) in [5.74, 6) is -1.13. The van der Waals surface area contributed by atoms with Crippen molar-refractivity contribution in [2.75, 3.05) is 6.54 Å². The van der Waals surface area contributed by atoms with Crippen LogP contribution < -0.4 is 4.72 Å². The Morgan fingerprint density at radius 3 is 2.57 bits per heavy atom. The number of nitrogens with one attached hydrogen (secondary N) is 1. The second kappa shape index (κ2) is 6.15. The Bertz CT molecular complexity index is 618. The highest BCUT2D eigenvalue weighted by molar-refractivity contribution is 7.89. The van der Waals surface area contributed by atoms with Gasteiger partial charge in [0.25, 0.3) is 0 Å². The van der Waals surface area contributed by atoms with Crippen LogP contribution >= 0.6 is 0 Å². The van der Waals surface area contributed by atoms with Crippen LogP contribution in [0.5, 0.6) is 0 Å². The molecule has 0 amide bonds. The van der Waals surface area contributed by atoms with E-state index < -0.39 is 16.0 Å². The van der Waals surface area contributed by atoms with Gasteiger partial charge in [-0.05, 0) is 42.9 Å². The predicted molar refractivity (Wildman–Crippen MR) is 79.8 cm³/mol. The topological polar surface area (TPSA) is 83.5 Å². The Morgan fingerprint density at radius 1 is 1.33 bits per heavy atom. The summed E-state index contributed by atoms with van der Waals surface area (Å²) in [5, 5.41) is 8.94. The molecular formula is C15H21NO4S. The molecule has 0 bridgehead atoms. The van der Waals surface area contributed by atoms with Crippen LogP contribution in [0.3, 0.4) is 0 Å². The van der Waals surface area contributed by atoms with E-state index >= 15 is 0 Å². The molecule has 2 N–H and O–H groups in total. The Hall–Kier alpha value is -1.40. The van der Waals surface area contributed by atoms with E-state index in [4.69, 9.17) is 5.11 Å². The van der Waals surface area contributed by atoms with Gasteiger partial charge in [-0.3, -0.25) is 0 Å². The first-order valence-corrected chi connectivity index (χ1v) is 8.70. The van der Waals surface area contributed by atoms with Gasteiger partial charge in [0.05, 0.1) is 10.5 Å². The molecule has 1 fully saturated rings. The van der Waals surface area contributed by atoms with Crippen LogP contribution in [0.25, 0.3) is 0 Å². The van der Waals surface area contributed by atoms with Crippen LogP contribution in [0.1, 0.15) is 49.4 Å². The van der Waals surface area contributed by atoms with Crippen molar-refractivity contribution in [3.05, 3.63) is 29.8 Å². The number of carboxylic acids is 1. The summed E-state index contributed by atoms with van der Waals surface area (Å²) < 4.78 is 27.3. The van der Waals surface area contributed by atoms with Crippen LogP contribution in [0.2, 0.25) is 0 Å². The molecule has 1 aromatic rings. The standard InChI is InChI=1S/C15H21NO4S/c1-2-15(8-3-4-9-15)11-16-21(19,20)13-7-5-6-12(10-13)14(17)18/h5-7,10,16H,2-4,8-9,11H2,1H3,(H,17,18). The number of sulfonamides is 1. The fourth-order valence-corrected chi connectivity index (χ4v) is 4.11. The maximum atomic E-state index is 12.3. The van der Waals surface area contributed by atoms with Crippen LogP contribution in [0.15, 0.2) is 29.2 Å². The van der Waals surface area contributed by atoms with Gasteiger partial charge in [0.2, 0.25) is 10.0 Å². The van der Waals surface area contributed by atoms with Gasteiger partial charge in [0.1, 0.15) is 0 Å². The SMILES string of the molecule is CCC1(CNS(=O)(=O)c2cccc(C(=O)O)c2)CCCC1. The van der Waals surface area contributed by atoms with Crippen molar-refractivity contribution in [3.8, 4) is 0 Å². The number of hydrogen-bond acceptors (Lipinski definition) is 3. The lowest BCUT2D eigenvalue weighted by Crippen LogP contribution is -2.35. The van der Waals surface area contributed by atoms with E-state index in [-0.39, 0.29) is 15.9 Å². The lowest BCUT2D eigenvalue weighted by molar-refractivity contribution is 0.0696. The first kappa shape index (κ1) is 16.0. The molecule has 1 aromatic carbocycles. The largest absolute Gasteiger partial charge is 0.478 e. The molecule has 0 spiro atoms. The average Bonchev–Trinajstić information content (AvgIpc) is 2.95. The van der Waals surface area contributed by atoms with E-state index in [9.17, 15) is 13.2 Å². The highest BCUT2D eigenvalue weighted by atomic mass is 32.2. The molecule has 0 unspecified atom stereocenters. The molecule has 0 aromatic heterocycles. The zero-order valence-electron chi connectivity index (χ0n) is 12.1. The van der Waals surface area contributed by atoms with Crippen molar-refractivity contribution in [3.63, 3.8) is 0 Å². The minimum absolute atomic E-state index is 0.00616. The Morgan fingerprint density at radius 2 is 2.00 bits per heavy atom. The molecule has 1 aliphatic rings. The number of benzene rings is 1. The zero-order valence-corrected chi connectivity index (χ0v) is 12.9. The Labute approximate surface area is 125 Å². The quantitative estimate of drug-likeness (QED) is 0.846. The molecule has 1 saturated carbocycles. The molecule has 0 atom stereocenters. The third-order valence-corrected chi connectivity index (χ3v) is 5.84. The smallest absolute Gasteiger partial charge is 0.335 e. The number of carboxylic acid groups (broad SMARTS) is 1. The van der Waals surface area contributed by atoms with Gasteiger partial charge in [0, 0.05) is 6.54 Å². The predicted octanol–water partition coefficient (Wildman–Crippen LogP) is 2.63. The maximum Gasteiger partial charge on any atom is 0.335 e. The van der Waals surface area contributed by atoms with Gasteiger partial charge < -0.3 is 5.11 Å². The Kier molecular flexibility index (Phi) is 4.68. The highest BCUT2D eigenvalue weighted by Gasteiger charge is 2.33. The average molecular weight is 311 g/mol. The van der Waals surface area contributed by atoms with E-state index in [2.05, 4.69) is 11.6 Å². The van der Waals surface area contributed by atoms with Gasteiger partial charge in [-0.1, -0.05) is 25.8 Å². The van der Waals surface area contributed by atoms with Gasteiger partial charge >= 0.3 is 5.97 Å². The van der Waals surface area contributed by atoms with Crippen LogP contribution in [0, 0.1) is 5.41 Å². The van der Waals surface area contributed by atoms with E-state index in [1.54, 1.807) is 0 Å². The third kappa shape index (κ3) is 3.63. The monoisotopic (exact) mass is 311 g/mol. The van der Waals surface area contributed by atoms with Crippen molar-refractivity contribution in [2.45, 2.75) is 43.9 Å². The van der Waals surface area contributed by atoms with Crippen molar-refractivity contribution >= 4 is 16.0 Å². The lowest BCUT2D eigenvalue weighted by atomic mass is 9.84. The molecule has 21 heavy (non-hydrogen) atoms. The molecule has 0 saturated heterocycles. The van der Waals surface area contributed by atoms with Crippen LogP contribution in [-0.2, 0) is 10.0 Å². The van der Waals surface area contributed by atoms with Crippen LogP contribution in [0.4, 0.5) is 0 Å². The van der Waals surface area contributed by atoms with E-state index in [0.717, 1.165) is 32.1 Å². The maximum absolute atomic E-state index is 12.3. The first-order chi connectivity index (χ1) is 9.88. The number of rotatable bonds is 6. The van der Waals surface area contributed by atoms with Crippen molar-refractivity contribution < 1.29 is 18.3 Å². The van der Waals surface area contributed by atoms with E-state index in [1.165, 1.54) is 24.3 Å². The fourth-order valence-electron chi connectivity index (χ4n) is 2.91. The second-order valence-corrected chi connectivity index (χ2v) is 7.49. The number of hydrogen-bond donors (Lipinski definition) is 2. The summed E-state index contributed by atoms with van der Waals surface area (Å²) in [6, 6.07) is 5.44. The zero-order chi connectivity index (χ0) is 15.5. The lowest BCUT2D eigenvalue weighted by Gasteiger charge is -2.27. The number of carbonyl (C=O) groups is 1. The Balaban J connectivity index is 2.15. The second-order valence-electron chi connectivity index (χ2n) is 5.72. The molecule has 0 aliphatic heterocycles. The van der Waals surface area contributed by atoms with Crippen LogP contribution in [-0.4, -0.2) is 26.0 Å². The van der Waals surface area contributed by atoms with Crippen molar-refractivity contribution in [1.29, 1.82) is 0 Å². The summed E-state index contributed by atoms with van der Waals surface area (Å²) in [6.07, 6.45) is 5.32. The first-order valence-electron chi connectivity index (χ1n) is 7.22. The summed E-state index contributed by atoms with van der Waals surface area (Å²) in [5.41, 5.74) is 0.0289. The number of aromatic carboxylic acids is 1. The normalized spacial score (nSPS) is 17.8. The molecule has 116 valence electrons. The molecule has 0 heterocycles. The summed E-state index contributed by atoms with van der Waals surface area (Å²) in [6.45, 7) is 2.51. The molecule has 1 aliphatic carbocycles. The minimum Gasteiger partial charge on any atom is -0.478 e. The molecule has 6 heteroatoms. The van der Waals surface area contributed by atoms with Gasteiger partial charge in [0.15, 0.2) is 0 Å². The van der Waals surface area contributed by atoms with Gasteiger partial charge in [-0.2, -0.15) is 0 Å². The third-order valence-electron chi connectivity index (χ3n) is 4.44. The highest BCUT2D eigenvalue weighted by Crippen LogP contribution is 2.40. The summed E-state index contributed by atoms with van der Waals surface area (Å²) in [4.78, 5) is 10.9. The minimum atomic E-state index is -3.67. The van der Waals surface area contributed by atoms with Crippen molar-refractivity contribution in [1.82, 2.24) is 4.72 Å². The van der Waals surface area contributed by atoms with Gasteiger partial charge in [-0.15, -0.1) is 0 Å². The summed E-state index contributed by atoms with van der Waals surface area (Å²) >= 11 is 0. The summed E-state index contributed by atoms with van der Waals surface area (Å²) in [7, 11) is -3.67.